The topological polar surface area (TPSA) is 103 Å². The summed E-state index contributed by atoms with van der Waals surface area (Å²) in [6, 6.07) is 19.9. The van der Waals surface area contributed by atoms with E-state index in [1.165, 1.54) is 0 Å². The van der Waals surface area contributed by atoms with Crippen LogP contribution in [0.2, 0.25) is 0 Å². The van der Waals surface area contributed by atoms with E-state index < -0.39 is 12.1 Å². The molecule has 4 rings (SSSR count). The highest BCUT2D eigenvalue weighted by Gasteiger charge is 2.19. The highest BCUT2D eigenvalue weighted by Crippen LogP contribution is 2.26. The highest BCUT2D eigenvalue weighted by molar-refractivity contribution is 7.09. The fourth-order valence-electron chi connectivity index (χ4n) is 3.03. The molecular formula is C22H20N4O3S. The summed E-state index contributed by atoms with van der Waals surface area (Å²) in [5, 5.41) is 8.80. The summed E-state index contributed by atoms with van der Waals surface area (Å²) in [7, 11) is 0. The number of nitrogens with zero attached hydrogens (tertiary/aromatic N) is 2. The minimum Gasteiger partial charge on any atom is -0.457 e. The van der Waals surface area contributed by atoms with Gasteiger partial charge in [0.25, 0.3) is 0 Å². The zero-order valence-corrected chi connectivity index (χ0v) is 16.8. The summed E-state index contributed by atoms with van der Waals surface area (Å²) in [4.78, 5) is 17.2. The standard InChI is InChI=1S/C22H20N4O3S/c23-22(27)24-19(14-21-25-20(26-29-21)13-18-10-5-11-30-18)15-6-4-9-17(12-15)28-16-7-2-1-3-8-16/h1-12,19H,13-14H2,(H3,23,24,27). The van der Waals surface area contributed by atoms with Gasteiger partial charge in [-0.05, 0) is 41.3 Å². The summed E-state index contributed by atoms with van der Waals surface area (Å²) < 4.78 is 11.3. The zero-order chi connectivity index (χ0) is 20.8. The predicted octanol–water partition coefficient (Wildman–Crippen LogP) is 4.47. The molecule has 2 amide bonds. The smallest absolute Gasteiger partial charge is 0.312 e. The Kier molecular flexibility index (Phi) is 6.05. The summed E-state index contributed by atoms with van der Waals surface area (Å²) in [5.74, 6) is 2.41. The molecule has 1 unspecified atom stereocenters. The summed E-state index contributed by atoms with van der Waals surface area (Å²) in [6.45, 7) is 0. The van der Waals surface area contributed by atoms with E-state index >= 15 is 0 Å². The van der Waals surface area contributed by atoms with Gasteiger partial charge in [-0.3, -0.25) is 0 Å². The maximum absolute atomic E-state index is 11.6. The molecule has 0 aliphatic rings. The Morgan fingerprint density at radius 1 is 1.10 bits per heavy atom. The Morgan fingerprint density at radius 3 is 2.70 bits per heavy atom. The minimum atomic E-state index is -0.632. The second-order valence-electron chi connectivity index (χ2n) is 6.61. The number of nitrogens with one attached hydrogen (secondary N) is 1. The molecule has 30 heavy (non-hydrogen) atoms. The first-order chi connectivity index (χ1) is 14.7. The van der Waals surface area contributed by atoms with E-state index in [-0.39, 0.29) is 0 Å². The maximum atomic E-state index is 11.6. The van der Waals surface area contributed by atoms with Crippen LogP contribution in [0.3, 0.4) is 0 Å². The molecule has 0 saturated carbocycles. The van der Waals surface area contributed by atoms with Crippen molar-refractivity contribution in [3.05, 3.63) is 94.3 Å². The van der Waals surface area contributed by atoms with Crippen LogP contribution in [0.15, 0.2) is 76.6 Å². The van der Waals surface area contributed by atoms with Crippen LogP contribution < -0.4 is 15.8 Å². The van der Waals surface area contributed by atoms with Crippen molar-refractivity contribution in [1.82, 2.24) is 15.5 Å². The number of nitrogens with two attached hydrogens (primary N) is 1. The van der Waals surface area contributed by atoms with Crippen molar-refractivity contribution in [3.63, 3.8) is 0 Å². The normalized spacial score (nSPS) is 11.7. The quantitative estimate of drug-likeness (QED) is 0.438. The molecule has 0 radical (unpaired) electrons. The molecule has 0 saturated heterocycles. The first kappa shape index (κ1) is 19.7. The van der Waals surface area contributed by atoms with Gasteiger partial charge in [0, 0.05) is 11.3 Å². The molecule has 2 aromatic heterocycles. The van der Waals surface area contributed by atoms with Crippen LogP contribution in [-0.4, -0.2) is 16.2 Å². The molecule has 0 spiro atoms. The van der Waals surface area contributed by atoms with Crippen LogP contribution in [0.1, 0.15) is 28.2 Å². The molecular weight excluding hydrogens is 400 g/mol. The van der Waals surface area contributed by atoms with E-state index in [1.807, 2.05) is 72.1 Å². The van der Waals surface area contributed by atoms with E-state index in [4.69, 9.17) is 15.0 Å². The van der Waals surface area contributed by atoms with E-state index in [2.05, 4.69) is 15.5 Å². The summed E-state index contributed by atoms with van der Waals surface area (Å²) in [5.41, 5.74) is 6.21. The highest BCUT2D eigenvalue weighted by atomic mass is 32.1. The van der Waals surface area contributed by atoms with Crippen LogP contribution in [0.5, 0.6) is 11.5 Å². The van der Waals surface area contributed by atoms with Gasteiger partial charge in [-0.2, -0.15) is 4.98 Å². The lowest BCUT2D eigenvalue weighted by Gasteiger charge is -2.17. The van der Waals surface area contributed by atoms with E-state index in [0.29, 0.717) is 30.3 Å². The Morgan fingerprint density at radius 2 is 1.93 bits per heavy atom. The van der Waals surface area contributed by atoms with Gasteiger partial charge in [0.1, 0.15) is 11.5 Å². The van der Waals surface area contributed by atoms with Gasteiger partial charge in [-0.25, -0.2) is 4.79 Å². The van der Waals surface area contributed by atoms with Gasteiger partial charge in [0.2, 0.25) is 5.89 Å². The second kappa shape index (κ2) is 9.23. The van der Waals surface area contributed by atoms with Gasteiger partial charge < -0.3 is 20.3 Å². The lowest BCUT2D eigenvalue weighted by Crippen LogP contribution is -2.34. The first-order valence-corrected chi connectivity index (χ1v) is 10.3. The number of aromatic nitrogens is 2. The van der Waals surface area contributed by atoms with Crippen LogP contribution in [-0.2, 0) is 12.8 Å². The molecule has 4 aromatic rings. The van der Waals surface area contributed by atoms with Crippen molar-refractivity contribution in [2.45, 2.75) is 18.9 Å². The largest absolute Gasteiger partial charge is 0.457 e. The Hall–Kier alpha value is -3.65. The molecule has 2 aromatic carbocycles. The lowest BCUT2D eigenvalue weighted by atomic mass is 10.0. The molecule has 7 nitrogen and oxygen atoms in total. The average Bonchev–Trinajstić information content (AvgIpc) is 3.41. The number of ether oxygens (including phenoxy) is 1. The monoisotopic (exact) mass is 420 g/mol. The van der Waals surface area contributed by atoms with Crippen LogP contribution in [0.25, 0.3) is 0 Å². The number of rotatable bonds is 8. The second-order valence-corrected chi connectivity index (χ2v) is 7.65. The number of thiophene rings is 1. The molecule has 0 bridgehead atoms. The number of para-hydroxylation sites is 1. The first-order valence-electron chi connectivity index (χ1n) is 9.38. The fraction of sp³-hybridized carbons (Fsp3) is 0.136. The van der Waals surface area contributed by atoms with Gasteiger partial charge in [0.15, 0.2) is 5.82 Å². The molecule has 8 heteroatoms. The molecule has 0 aliphatic heterocycles. The van der Waals surface area contributed by atoms with E-state index in [0.717, 1.165) is 16.2 Å². The third-order valence-electron chi connectivity index (χ3n) is 4.36. The van der Waals surface area contributed by atoms with E-state index in [9.17, 15) is 4.79 Å². The van der Waals surface area contributed by atoms with E-state index in [1.54, 1.807) is 11.3 Å². The number of urea groups is 1. The number of hydrogen-bond acceptors (Lipinski definition) is 6. The Balaban J connectivity index is 1.51. The SMILES string of the molecule is NC(=O)NC(Cc1nc(Cc2cccs2)no1)c1cccc(Oc2ccccc2)c1. The maximum Gasteiger partial charge on any atom is 0.312 e. The van der Waals surface area contributed by atoms with Crippen LogP contribution >= 0.6 is 11.3 Å². The lowest BCUT2D eigenvalue weighted by molar-refractivity contribution is 0.244. The number of hydrogen-bond donors (Lipinski definition) is 2. The van der Waals surface area contributed by atoms with Crippen LogP contribution in [0, 0.1) is 0 Å². The average molecular weight is 420 g/mol. The number of carbonyl (C=O) groups excluding carboxylic acids is 1. The van der Waals surface area contributed by atoms with Gasteiger partial charge >= 0.3 is 6.03 Å². The molecule has 1 atom stereocenters. The minimum absolute atomic E-state index is 0.315. The van der Waals surface area contributed by atoms with Crippen molar-refractivity contribution in [3.8, 4) is 11.5 Å². The van der Waals surface area contributed by atoms with Crippen molar-refractivity contribution in [2.24, 2.45) is 5.73 Å². The van der Waals surface area contributed by atoms with Gasteiger partial charge in [0.05, 0.1) is 12.5 Å². The third-order valence-corrected chi connectivity index (χ3v) is 5.23. The fourth-order valence-corrected chi connectivity index (χ4v) is 3.73. The van der Waals surface area contributed by atoms with Gasteiger partial charge in [-0.15, -0.1) is 11.3 Å². The number of primary amides is 1. The van der Waals surface area contributed by atoms with Crippen molar-refractivity contribution >= 4 is 17.4 Å². The summed E-state index contributed by atoms with van der Waals surface area (Å²) >= 11 is 1.64. The molecule has 3 N–H and O–H groups in total. The molecule has 0 fully saturated rings. The van der Waals surface area contributed by atoms with Crippen molar-refractivity contribution < 1.29 is 14.1 Å². The number of benzene rings is 2. The van der Waals surface area contributed by atoms with Crippen molar-refractivity contribution in [2.75, 3.05) is 0 Å². The zero-order valence-electron chi connectivity index (χ0n) is 16.0. The van der Waals surface area contributed by atoms with Gasteiger partial charge in [-0.1, -0.05) is 41.6 Å². The number of carbonyl (C=O) groups is 1. The molecule has 2 heterocycles. The Bertz CT molecular complexity index is 1100. The van der Waals surface area contributed by atoms with Crippen molar-refractivity contribution in [1.29, 1.82) is 0 Å². The number of amides is 2. The molecule has 152 valence electrons. The third kappa shape index (κ3) is 5.24. The predicted molar refractivity (Wildman–Crippen MR) is 114 cm³/mol. The Labute approximate surface area is 177 Å². The summed E-state index contributed by atoms with van der Waals surface area (Å²) in [6.07, 6.45) is 0.921. The van der Waals surface area contributed by atoms with Crippen LogP contribution in [0.4, 0.5) is 4.79 Å². The molecule has 0 aliphatic carbocycles.